The Morgan fingerprint density at radius 3 is 2.80 bits per heavy atom. The maximum atomic E-state index is 12.1. The number of pyridine rings is 1. The van der Waals surface area contributed by atoms with Crippen molar-refractivity contribution in [2.75, 3.05) is 5.32 Å². The molecule has 1 aromatic carbocycles. The van der Waals surface area contributed by atoms with Gasteiger partial charge in [0.15, 0.2) is 10.8 Å². The fraction of sp³-hybridized carbons (Fsp3) is 0. The second kappa shape index (κ2) is 5.22. The van der Waals surface area contributed by atoms with E-state index in [4.69, 9.17) is 11.6 Å². The largest absolute Gasteiger partial charge is 0.320 e. The van der Waals surface area contributed by atoms with Crippen LogP contribution in [0.3, 0.4) is 0 Å². The highest BCUT2D eigenvalue weighted by atomic mass is 35.5. The summed E-state index contributed by atoms with van der Waals surface area (Å²) in [5.41, 5.74) is 0.909. The van der Waals surface area contributed by atoms with Crippen LogP contribution in [0.15, 0.2) is 48.8 Å². The lowest BCUT2D eigenvalue weighted by molar-refractivity contribution is 0.102. The first-order valence-electron chi connectivity index (χ1n) is 5.87. The van der Waals surface area contributed by atoms with Gasteiger partial charge in [-0.3, -0.25) is 9.78 Å². The SMILES string of the molecule is O=C(Nc1cccc2cnccc12)c1ccc(Cl)nn1. The van der Waals surface area contributed by atoms with Crippen LogP contribution in [-0.4, -0.2) is 21.1 Å². The van der Waals surface area contributed by atoms with Crippen molar-refractivity contribution >= 4 is 34.0 Å². The molecule has 6 heteroatoms. The van der Waals surface area contributed by atoms with Crippen LogP contribution in [-0.2, 0) is 0 Å². The molecule has 0 aliphatic heterocycles. The van der Waals surface area contributed by atoms with Gasteiger partial charge in [0.05, 0.1) is 0 Å². The van der Waals surface area contributed by atoms with Gasteiger partial charge >= 0.3 is 0 Å². The second-order valence-electron chi connectivity index (χ2n) is 4.10. The minimum atomic E-state index is -0.335. The van der Waals surface area contributed by atoms with E-state index in [0.29, 0.717) is 5.69 Å². The monoisotopic (exact) mass is 284 g/mol. The molecular formula is C14H9ClN4O. The van der Waals surface area contributed by atoms with Gasteiger partial charge in [0, 0.05) is 28.9 Å². The topological polar surface area (TPSA) is 67.8 Å². The Morgan fingerprint density at radius 1 is 1.10 bits per heavy atom. The Hall–Kier alpha value is -2.53. The first-order valence-corrected chi connectivity index (χ1v) is 6.25. The summed E-state index contributed by atoms with van der Waals surface area (Å²) in [6.45, 7) is 0. The number of aromatic nitrogens is 3. The zero-order valence-corrected chi connectivity index (χ0v) is 11.0. The Kier molecular flexibility index (Phi) is 3.26. The average Bonchev–Trinajstić information content (AvgIpc) is 2.48. The van der Waals surface area contributed by atoms with Crippen LogP contribution < -0.4 is 5.32 Å². The highest BCUT2D eigenvalue weighted by Crippen LogP contribution is 2.22. The summed E-state index contributed by atoms with van der Waals surface area (Å²) in [6, 6.07) is 10.5. The van der Waals surface area contributed by atoms with Crippen molar-refractivity contribution in [1.82, 2.24) is 15.2 Å². The lowest BCUT2D eigenvalue weighted by atomic mass is 10.1. The van der Waals surface area contributed by atoms with Crippen LogP contribution in [0.1, 0.15) is 10.5 Å². The number of nitrogens with zero attached hydrogens (tertiary/aromatic N) is 3. The Balaban J connectivity index is 1.93. The molecule has 0 atom stereocenters. The molecule has 0 aliphatic rings. The van der Waals surface area contributed by atoms with Crippen LogP contribution in [0.4, 0.5) is 5.69 Å². The highest BCUT2D eigenvalue weighted by molar-refractivity contribution is 6.29. The second-order valence-corrected chi connectivity index (χ2v) is 4.49. The maximum absolute atomic E-state index is 12.1. The molecule has 0 saturated heterocycles. The van der Waals surface area contributed by atoms with Crippen molar-refractivity contribution in [2.45, 2.75) is 0 Å². The molecule has 1 N–H and O–H groups in total. The van der Waals surface area contributed by atoms with Gasteiger partial charge in [0.1, 0.15) is 0 Å². The van der Waals surface area contributed by atoms with Gasteiger partial charge in [-0.2, -0.15) is 0 Å². The zero-order chi connectivity index (χ0) is 13.9. The molecule has 0 bridgehead atoms. The Labute approximate surface area is 119 Å². The number of fused-ring (bicyclic) bond motifs is 1. The summed E-state index contributed by atoms with van der Waals surface area (Å²) in [4.78, 5) is 16.1. The quantitative estimate of drug-likeness (QED) is 0.785. The molecule has 2 aromatic heterocycles. The predicted molar refractivity (Wildman–Crippen MR) is 76.7 cm³/mol. The van der Waals surface area contributed by atoms with E-state index in [1.54, 1.807) is 12.4 Å². The van der Waals surface area contributed by atoms with Gasteiger partial charge in [-0.15, -0.1) is 10.2 Å². The molecule has 2 heterocycles. The van der Waals surface area contributed by atoms with Crippen molar-refractivity contribution in [3.8, 4) is 0 Å². The van der Waals surface area contributed by atoms with Gasteiger partial charge in [0.25, 0.3) is 5.91 Å². The van der Waals surface area contributed by atoms with E-state index in [1.165, 1.54) is 12.1 Å². The zero-order valence-electron chi connectivity index (χ0n) is 10.2. The number of halogens is 1. The molecule has 3 aromatic rings. The van der Waals surface area contributed by atoms with Crippen molar-refractivity contribution < 1.29 is 4.79 Å². The molecule has 3 rings (SSSR count). The molecule has 1 amide bonds. The molecule has 0 radical (unpaired) electrons. The number of carbonyl (C=O) groups excluding carboxylic acids is 1. The van der Waals surface area contributed by atoms with Gasteiger partial charge in [-0.05, 0) is 24.3 Å². The van der Waals surface area contributed by atoms with Crippen molar-refractivity contribution in [3.05, 3.63) is 59.6 Å². The maximum Gasteiger partial charge on any atom is 0.276 e. The molecule has 5 nitrogen and oxygen atoms in total. The fourth-order valence-electron chi connectivity index (χ4n) is 1.85. The third kappa shape index (κ3) is 2.44. The van der Waals surface area contributed by atoms with Gasteiger partial charge in [0.2, 0.25) is 0 Å². The van der Waals surface area contributed by atoms with E-state index < -0.39 is 0 Å². The van der Waals surface area contributed by atoms with Crippen LogP contribution >= 0.6 is 11.6 Å². The van der Waals surface area contributed by atoms with E-state index in [2.05, 4.69) is 20.5 Å². The molecule has 0 unspecified atom stereocenters. The first kappa shape index (κ1) is 12.5. The summed E-state index contributed by atoms with van der Waals surface area (Å²) < 4.78 is 0. The Bertz CT molecular complexity index is 768. The number of hydrogen-bond acceptors (Lipinski definition) is 4. The first-order chi connectivity index (χ1) is 9.74. The molecule has 0 saturated carbocycles. The van der Waals surface area contributed by atoms with E-state index in [1.807, 2.05) is 24.3 Å². The molecule has 0 fully saturated rings. The molecule has 0 spiro atoms. The van der Waals surface area contributed by atoms with Crippen LogP contribution in [0.5, 0.6) is 0 Å². The van der Waals surface area contributed by atoms with E-state index in [0.717, 1.165) is 10.8 Å². The third-order valence-electron chi connectivity index (χ3n) is 2.79. The summed E-state index contributed by atoms with van der Waals surface area (Å²) in [5, 5.41) is 12.3. The highest BCUT2D eigenvalue weighted by Gasteiger charge is 2.10. The summed E-state index contributed by atoms with van der Waals surface area (Å²) >= 11 is 5.64. The van der Waals surface area contributed by atoms with Gasteiger partial charge in [-0.1, -0.05) is 23.7 Å². The van der Waals surface area contributed by atoms with Gasteiger partial charge in [-0.25, -0.2) is 0 Å². The lowest BCUT2D eigenvalue weighted by Crippen LogP contribution is -2.14. The number of nitrogens with one attached hydrogen (secondary N) is 1. The number of hydrogen-bond donors (Lipinski definition) is 1. The fourth-order valence-corrected chi connectivity index (χ4v) is 1.96. The number of carbonyl (C=O) groups is 1. The van der Waals surface area contributed by atoms with E-state index in [-0.39, 0.29) is 16.8 Å². The predicted octanol–water partition coefficient (Wildman–Crippen LogP) is 2.93. The van der Waals surface area contributed by atoms with Crippen molar-refractivity contribution in [3.63, 3.8) is 0 Å². The summed E-state index contributed by atoms with van der Waals surface area (Å²) in [6.07, 6.45) is 3.42. The molecular weight excluding hydrogens is 276 g/mol. The number of rotatable bonds is 2. The minimum absolute atomic E-state index is 0.209. The molecule has 0 aliphatic carbocycles. The smallest absolute Gasteiger partial charge is 0.276 e. The summed E-state index contributed by atoms with van der Waals surface area (Å²) in [7, 11) is 0. The average molecular weight is 285 g/mol. The van der Waals surface area contributed by atoms with E-state index in [9.17, 15) is 4.79 Å². The van der Waals surface area contributed by atoms with Crippen LogP contribution in [0.2, 0.25) is 5.15 Å². The number of amides is 1. The minimum Gasteiger partial charge on any atom is -0.320 e. The normalized spacial score (nSPS) is 10.4. The van der Waals surface area contributed by atoms with Crippen molar-refractivity contribution in [2.24, 2.45) is 0 Å². The van der Waals surface area contributed by atoms with Gasteiger partial charge < -0.3 is 5.32 Å². The standard InChI is InChI=1S/C14H9ClN4O/c15-13-5-4-12(18-19-13)14(20)17-11-3-1-2-9-8-16-7-6-10(9)11/h1-8H,(H,17,20). The third-order valence-corrected chi connectivity index (χ3v) is 3.00. The lowest BCUT2D eigenvalue weighted by Gasteiger charge is -2.07. The van der Waals surface area contributed by atoms with Crippen LogP contribution in [0.25, 0.3) is 10.8 Å². The number of benzene rings is 1. The molecule has 20 heavy (non-hydrogen) atoms. The van der Waals surface area contributed by atoms with E-state index >= 15 is 0 Å². The van der Waals surface area contributed by atoms with Crippen LogP contribution in [0, 0.1) is 0 Å². The summed E-state index contributed by atoms with van der Waals surface area (Å²) in [5.74, 6) is -0.335. The molecule has 98 valence electrons. The van der Waals surface area contributed by atoms with Crippen molar-refractivity contribution in [1.29, 1.82) is 0 Å². The number of anilines is 1. The Morgan fingerprint density at radius 2 is 2.00 bits per heavy atom.